The molecular weight excluding hydrogens is 438 g/mol. The zero-order chi connectivity index (χ0) is 25.2. The summed E-state index contributed by atoms with van der Waals surface area (Å²) < 4.78 is 6.90. The Balaban J connectivity index is 1.84. The topological polar surface area (TPSA) is 73.2 Å². The van der Waals surface area contributed by atoms with Gasteiger partial charge in [-0.1, -0.05) is 64.3 Å². The number of hydrogen-bond donors (Lipinski definition) is 1. The number of nitrogens with zero attached hydrogens (tertiary/aromatic N) is 2. The van der Waals surface area contributed by atoms with Crippen molar-refractivity contribution in [2.75, 3.05) is 13.2 Å². The Morgan fingerprint density at radius 3 is 2.31 bits per heavy atom. The first-order chi connectivity index (χ1) is 17.0. The third-order valence-electron chi connectivity index (χ3n) is 6.32. The van der Waals surface area contributed by atoms with Crippen molar-refractivity contribution in [3.05, 3.63) is 71.4 Å². The molecule has 0 fully saturated rings. The minimum absolute atomic E-state index is 0.0745. The van der Waals surface area contributed by atoms with Crippen molar-refractivity contribution in [1.82, 2.24) is 15.1 Å². The first kappa shape index (κ1) is 26.2. The average Bonchev–Trinajstić information content (AvgIpc) is 3.34. The molecule has 0 spiro atoms. The van der Waals surface area contributed by atoms with Crippen LogP contribution in [0.4, 0.5) is 0 Å². The molecule has 0 aliphatic carbocycles. The van der Waals surface area contributed by atoms with Gasteiger partial charge in [0.05, 0.1) is 18.0 Å². The minimum Gasteiger partial charge on any atom is -0.461 e. The van der Waals surface area contributed by atoms with Crippen LogP contribution in [-0.4, -0.2) is 34.8 Å². The molecule has 6 nitrogen and oxygen atoms in total. The lowest BCUT2D eigenvalue weighted by molar-refractivity contribution is 0.0518. The van der Waals surface area contributed by atoms with Gasteiger partial charge in [0.1, 0.15) is 0 Å². The molecule has 1 aromatic heterocycles. The number of hydrogen-bond acceptors (Lipinski definition) is 4. The maximum absolute atomic E-state index is 12.7. The molecule has 0 aliphatic rings. The minimum atomic E-state index is -0.456. The van der Waals surface area contributed by atoms with E-state index in [1.807, 2.05) is 24.3 Å². The number of amides is 1. The summed E-state index contributed by atoms with van der Waals surface area (Å²) in [6.45, 7) is 9.22. The second-order valence-corrected chi connectivity index (χ2v) is 8.77. The van der Waals surface area contributed by atoms with Crippen LogP contribution in [0.15, 0.2) is 54.6 Å². The molecule has 2 aromatic carbocycles. The largest absolute Gasteiger partial charge is 0.461 e. The fourth-order valence-electron chi connectivity index (χ4n) is 4.04. The highest BCUT2D eigenvalue weighted by Gasteiger charge is 2.18. The number of carbonyl (C=O) groups is 2. The number of aromatic nitrogens is 2. The Kier molecular flexibility index (Phi) is 9.65. The maximum Gasteiger partial charge on any atom is 0.358 e. The van der Waals surface area contributed by atoms with E-state index in [1.165, 1.54) is 18.4 Å². The molecule has 0 saturated heterocycles. The van der Waals surface area contributed by atoms with Crippen LogP contribution in [0.5, 0.6) is 0 Å². The van der Waals surface area contributed by atoms with Crippen molar-refractivity contribution < 1.29 is 14.3 Å². The Hall–Kier alpha value is -3.41. The first-order valence-corrected chi connectivity index (χ1v) is 12.8. The van der Waals surface area contributed by atoms with Gasteiger partial charge in [0.25, 0.3) is 5.91 Å². The number of aryl methyl sites for hydroxylation is 1. The van der Waals surface area contributed by atoms with Crippen LogP contribution >= 0.6 is 0 Å². The van der Waals surface area contributed by atoms with E-state index < -0.39 is 5.97 Å². The second kappa shape index (κ2) is 12.9. The number of carbonyl (C=O) groups excluding carboxylic acids is 2. The molecule has 186 valence electrons. The number of esters is 1. The zero-order valence-electron chi connectivity index (χ0n) is 21.3. The highest BCUT2D eigenvalue weighted by Crippen LogP contribution is 2.25. The van der Waals surface area contributed by atoms with Gasteiger partial charge in [0.15, 0.2) is 5.69 Å². The quantitative estimate of drug-likeness (QED) is 0.315. The lowest BCUT2D eigenvalue weighted by Crippen LogP contribution is -2.29. The lowest BCUT2D eigenvalue weighted by Gasteiger charge is -2.15. The van der Waals surface area contributed by atoms with Crippen LogP contribution in [0, 0.1) is 5.92 Å². The normalized spacial score (nSPS) is 11.8. The standard InChI is InChI=1S/C29H37N3O3/c1-5-9-10-22(7-3)20-30-28(33)24-15-17-25(18-16-24)32-27(19-26(31-32)29(34)35-8-4)23-13-11-21(6-2)12-14-23/h11-19,22H,5-10,20H2,1-4H3,(H,30,33)/t22-/m1/s1. The fourth-order valence-corrected chi connectivity index (χ4v) is 4.04. The van der Waals surface area contributed by atoms with E-state index >= 15 is 0 Å². The summed E-state index contributed by atoms with van der Waals surface area (Å²) >= 11 is 0. The Morgan fingerprint density at radius 2 is 1.71 bits per heavy atom. The fraction of sp³-hybridized carbons (Fsp3) is 0.414. The number of benzene rings is 2. The molecule has 0 unspecified atom stereocenters. The molecule has 0 saturated carbocycles. The molecular formula is C29H37N3O3. The number of ether oxygens (including phenoxy) is 1. The van der Waals surface area contributed by atoms with Gasteiger partial charge in [0.2, 0.25) is 0 Å². The molecule has 1 amide bonds. The van der Waals surface area contributed by atoms with Crippen molar-refractivity contribution in [2.24, 2.45) is 5.92 Å². The third-order valence-corrected chi connectivity index (χ3v) is 6.32. The van der Waals surface area contributed by atoms with Gasteiger partial charge < -0.3 is 10.1 Å². The highest BCUT2D eigenvalue weighted by atomic mass is 16.5. The Bertz CT molecular complexity index is 1100. The van der Waals surface area contributed by atoms with Gasteiger partial charge in [-0.15, -0.1) is 0 Å². The molecule has 6 heteroatoms. The van der Waals surface area contributed by atoms with E-state index in [0.29, 0.717) is 18.0 Å². The van der Waals surface area contributed by atoms with E-state index in [-0.39, 0.29) is 18.2 Å². The predicted octanol–water partition coefficient (Wildman–Crippen LogP) is 6.22. The molecule has 0 aliphatic heterocycles. The average molecular weight is 476 g/mol. The zero-order valence-corrected chi connectivity index (χ0v) is 21.3. The smallest absolute Gasteiger partial charge is 0.358 e. The lowest BCUT2D eigenvalue weighted by atomic mass is 9.99. The van der Waals surface area contributed by atoms with E-state index in [0.717, 1.165) is 36.2 Å². The van der Waals surface area contributed by atoms with Crippen LogP contribution in [0.3, 0.4) is 0 Å². The SMILES string of the molecule is CCCC[C@@H](CC)CNC(=O)c1ccc(-n2nc(C(=O)OCC)cc2-c2ccc(CC)cc2)cc1. The van der Waals surface area contributed by atoms with Gasteiger partial charge in [-0.3, -0.25) is 4.79 Å². The van der Waals surface area contributed by atoms with Crippen molar-refractivity contribution >= 4 is 11.9 Å². The summed E-state index contributed by atoms with van der Waals surface area (Å²) in [5.41, 5.74) is 4.59. The van der Waals surface area contributed by atoms with Gasteiger partial charge in [-0.2, -0.15) is 5.10 Å². The monoisotopic (exact) mass is 475 g/mol. The molecule has 3 aromatic rings. The molecule has 0 bridgehead atoms. The van der Waals surface area contributed by atoms with Crippen LogP contribution in [0.2, 0.25) is 0 Å². The predicted molar refractivity (Wildman–Crippen MR) is 140 cm³/mol. The van der Waals surface area contributed by atoms with Gasteiger partial charge in [-0.25, -0.2) is 9.48 Å². The van der Waals surface area contributed by atoms with E-state index in [9.17, 15) is 9.59 Å². The number of unbranched alkanes of at least 4 members (excludes halogenated alkanes) is 1. The first-order valence-electron chi connectivity index (χ1n) is 12.8. The molecule has 1 N–H and O–H groups in total. The van der Waals surface area contributed by atoms with E-state index in [4.69, 9.17) is 4.74 Å². The Labute approximate surface area is 208 Å². The van der Waals surface area contributed by atoms with Gasteiger partial charge in [0, 0.05) is 17.7 Å². The molecule has 1 heterocycles. The number of nitrogens with one attached hydrogen (secondary N) is 1. The van der Waals surface area contributed by atoms with Crippen LogP contribution < -0.4 is 5.32 Å². The van der Waals surface area contributed by atoms with E-state index in [1.54, 1.807) is 29.8 Å². The summed E-state index contributed by atoms with van der Waals surface area (Å²) in [5.74, 6) is -0.0259. The van der Waals surface area contributed by atoms with Crippen molar-refractivity contribution in [3.63, 3.8) is 0 Å². The summed E-state index contributed by atoms with van der Waals surface area (Å²) in [4.78, 5) is 25.1. The van der Waals surface area contributed by atoms with E-state index in [2.05, 4.69) is 43.3 Å². The summed E-state index contributed by atoms with van der Waals surface area (Å²) in [7, 11) is 0. The summed E-state index contributed by atoms with van der Waals surface area (Å²) in [5, 5.41) is 7.61. The third kappa shape index (κ3) is 6.81. The molecule has 1 atom stereocenters. The van der Waals surface area contributed by atoms with Gasteiger partial charge >= 0.3 is 5.97 Å². The highest BCUT2D eigenvalue weighted by molar-refractivity contribution is 5.94. The van der Waals surface area contributed by atoms with Crippen LogP contribution in [0.25, 0.3) is 16.9 Å². The Morgan fingerprint density at radius 1 is 1.00 bits per heavy atom. The summed E-state index contributed by atoms with van der Waals surface area (Å²) in [6, 6.07) is 17.3. The maximum atomic E-state index is 12.7. The molecule has 0 radical (unpaired) electrons. The van der Waals surface area contributed by atoms with Crippen LogP contribution in [0.1, 0.15) is 79.8 Å². The van der Waals surface area contributed by atoms with Crippen molar-refractivity contribution in [3.8, 4) is 16.9 Å². The second-order valence-electron chi connectivity index (χ2n) is 8.77. The van der Waals surface area contributed by atoms with Crippen molar-refractivity contribution in [2.45, 2.75) is 59.8 Å². The molecule has 35 heavy (non-hydrogen) atoms. The number of rotatable bonds is 12. The molecule has 3 rings (SSSR count). The summed E-state index contributed by atoms with van der Waals surface area (Å²) in [6.07, 6.45) is 5.50. The van der Waals surface area contributed by atoms with Crippen LogP contribution in [-0.2, 0) is 11.2 Å². The van der Waals surface area contributed by atoms with Gasteiger partial charge in [-0.05, 0) is 61.6 Å². The van der Waals surface area contributed by atoms with Crippen molar-refractivity contribution in [1.29, 1.82) is 0 Å².